The first-order chi connectivity index (χ1) is 10.6. The van der Waals surface area contributed by atoms with E-state index in [0.717, 1.165) is 51.1 Å². The number of hydrogen-bond donors (Lipinski definition) is 0. The highest BCUT2D eigenvalue weighted by atomic mass is 16.5. The van der Waals surface area contributed by atoms with Crippen LogP contribution in [0.25, 0.3) is 0 Å². The minimum atomic E-state index is 0.0159. The van der Waals surface area contributed by atoms with Crippen LogP contribution in [-0.4, -0.2) is 49.8 Å². The number of carbonyl (C=O) groups excluding carboxylic acids is 1. The minimum absolute atomic E-state index is 0.0159. The summed E-state index contributed by atoms with van der Waals surface area (Å²) in [6.45, 7) is 7.70. The Kier molecular flexibility index (Phi) is 4.54. The molecule has 0 bridgehead atoms. The van der Waals surface area contributed by atoms with Crippen LogP contribution >= 0.6 is 0 Å². The molecule has 22 heavy (non-hydrogen) atoms. The van der Waals surface area contributed by atoms with Gasteiger partial charge in [0.25, 0.3) is 5.91 Å². The van der Waals surface area contributed by atoms with Gasteiger partial charge in [-0.3, -0.25) is 4.79 Å². The van der Waals surface area contributed by atoms with Gasteiger partial charge in [0.2, 0.25) is 0 Å². The third-order valence-electron chi connectivity index (χ3n) is 4.96. The maximum Gasteiger partial charge on any atom is 0.289 e. The van der Waals surface area contributed by atoms with Crippen molar-refractivity contribution in [2.24, 2.45) is 5.41 Å². The fraction of sp³-hybridized carbons (Fsp3) is 0.706. The Morgan fingerprint density at radius 3 is 2.86 bits per heavy atom. The molecule has 2 saturated heterocycles. The first-order valence-corrected chi connectivity index (χ1v) is 8.16. The van der Waals surface area contributed by atoms with Gasteiger partial charge in [0, 0.05) is 25.3 Å². The molecule has 1 amide bonds. The lowest BCUT2D eigenvalue weighted by molar-refractivity contribution is 0.0158. The molecule has 0 aliphatic carbocycles. The highest BCUT2D eigenvalue weighted by Gasteiger charge is 2.43. The van der Waals surface area contributed by atoms with Crippen molar-refractivity contribution >= 4 is 5.91 Å². The van der Waals surface area contributed by atoms with Gasteiger partial charge < -0.3 is 18.8 Å². The molecule has 0 aromatic carbocycles. The Balaban J connectivity index is 1.55. The molecular weight excluding hydrogens is 282 g/mol. The number of furan rings is 1. The molecular formula is C17H25NO4. The second-order valence-electron chi connectivity index (χ2n) is 6.52. The van der Waals surface area contributed by atoms with Gasteiger partial charge in [0.15, 0.2) is 5.76 Å². The molecule has 5 nitrogen and oxygen atoms in total. The van der Waals surface area contributed by atoms with Gasteiger partial charge in [-0.1, -0.05) is 0 Å². The second kappa shape index (κ2) is 6.42. The number of rotatable bonds is 4. The van der Waals surface area contributed by atoms with Crippen LogP contribution in [-0.2, 0) is 9.47 Å². The van der Waals surface area contributed by atoms with E-state index in [-0.39, 0.29) is 17.4 Å². The molecule has 1 aromatic rings. The minimum Gasteiger partial charge on any atom is -0.459 e. The lowest BCUT2D eigenvalue weighted by atomic mass is 9.76. The van der Waals surface area contributed by atoms with E-state index in [1.54, 1.807) is 6.26 Å². The number of piperidine rings is 1. The molecule has 3 rings (SSSR count). The number of ether oxygens (including phenoxy) is 2. The predicted molar refractivity (Wildman–Crippen MR) is 81.9 cm³/mol. The van der Waals surface area contributed by atoms with Crippen LogP contribution in [0.3, 0.4) is 0 Å². The molecule has 2 aliphatic rings. The Hall–Kier alpha value is -1.33. The van der Waals surface area contributed by atoms with Gasteiger partial charge in [0.05, 0.1) is 25.6 Å². The van der Waals surface area contributed by atoms with Crippen molar-refractivity contribution in [2.75, 3.05) is 32.9 Å². The van der Waals surface area contributed by atoms with E-state index in [2.05, 4.69) is 0 Å². The molecule has 3 heterocycles. The smallest absolute Gasteiger partial charge is 0.289 e. The number of amides is 1. The largest absolute Gasteiger partial charge is 0.459 e. The number of likely N-dealkylation sites (tertiary alicyclic amines) is 1. The summed E-state index contributed by atoms with van der Waals surface area (Å²) in [5, 5.41) is 0. The molecule has 2 aliphatic heterocycles. The average Bonchev–Trinajstić information content (AvgIpc) is 3.12. The molecule has 1 unspecified atom stereocenters. The van der Waals surface area contributed by atoms with Gasteiger partial charge in [0.1, 0.15) is 0 Å². The van der Waals surface area contributed by atoms with Gasteiger partial charge in [-0.05, 0) is 44.6 Å². The number of nitrogens with zero attached hydrogens (tertiary/aromatic N) is 1. The van der Waals surface area contributed by atoms with E-state index in [9.17, 15) is 4.79 Å². The van der Waals surface area contributed by atoms with Gasteiger partial charge in [-0.25, -0.2) is 0 Å². The zero-order valence-corrected chi connectivity index (χ0v) is 13.5. The number of hydrogen-bond acceptors (Lipinski definition) is 4. The summed E-state index contributed by atoms with van der Waals surface area (Å²) in [6, 6.07) is 1.84. The second-order valence-corrected chi connectivity index (χ2v) is 6.52. The summed E-state index contributed by atoms with van der Waals surface area (Å²) in [7, 11) is 0. The maximum atomic E-state index is 12.5. The van der Waals surface area contributed by atoms with Crippen molar-refractivity contribution in [1.29, 1.82) is 0 Å². The SMILES string of the molecule is CCOCC1CC2(CCN(C(=O)c3occc3C)CC2)CO1. The van der Waals surface area contributed by atoms with Crippen LogP contribution < -0.4 is 0 Å². The molecule has 0 N–H and O–H groups in total. The normalized spacial score (nSPS) is 24.1. The fourth-order valence-electron chi connectivity index (χ4n) is 3.52. The van der Waals surface area contributed by atoms with Crippen LogP contribution in [0.15, 0.2) is 16.7 Å². The van der Waals surface area contributed by atoms with Crippen LogP contribution in [0.5, 0.6) is 0 Å². The highest BCUT2D eigenvalue weighted by Crippen LogP contribution is 2.42. The van der Waals surface area contributed by atoms with E-state index in [1.165, 1.54) is 0 Å². The van der Waals surface area contributed by atoms with Crippen molar-refractivity contribution in [2.45, 2.75) is 39.2 Å². The van der Waals surface area contributed by atoms with Crippen molar-refractivity contribution < 1.29 is 18.7 Å². The first kappa shape index (κ1) is 15.6. The molecule has 5 heteroatoms. The van der Waals surface area contributed by atoms with Gasteiger partial charge in [-0.15, -0.1) is 0 Å². The Morgan fingerprint density at radius 2 is 2.23 bits per heavy atom. The van der Waals surface area contributed by atoms with Gasteiger partial charge in [-0.2, -0.15) is 0 Å². The van der Waals surface area contributed by atoms with E-state index in [0.29, 0.717) is 12.4 Å². The average molecular weight is 307 g/mol. The lowest BCUT2D eigenvalue weighted by Gasteiger charge is -2.38. The third-order valence-corrected chi connectivity index (χ3v) is 4.96. The van der Waals surface area contributed by atoms with Crippen molar-refractivity contribution in [3.8, 4) is 0 Å². The highest BCUT2D eigenvalue weighted by molar-refractivity contribution is 5.92. The van der Waals surface area contributed by atoms with Crippen molar-refractivity contribution in [1.82, 2.24) is 4.90 Å². The Labute approximate surface area is 131 Å². The monoisotopic (exact) mass is 307 g/mol. The maximum absolute atomic E-state index is 12.5. The quantitative estimate of drug-likeness (QED) is 0.858. The number of carbonyl (C=O) groups is 1. The summed E-state index contributed by atoms with van der Waals surface area (Å²) in [5.74, 6) is 0.495. The van der Waals surface area contributed by atoms with Crippen LogP contribution in [0, 0.1) is 12.3 Å². The van der Waals surface area contributed by atoms with E-state index in [1.807, 2.05) is 24.8 Å². The lowest BCUT2D eigenvalue weighted by Crippen LogP contribution is -2.43. The topological polar surface area (TPSA) is 51.9 Å². The Bertz CT molecular complexity index is 516. The summed E-state index contributed by atoms with van der Waals surface area (Å²) >= 11 is 0. The molecule has 1 aromatic heterocycles. The molecule has 1 spiro atoms. The predicted octanol–water partition coefficient (Wildman–Crippen LogP) is 2.64. The van der Waals surface area contributed by atoms with E-state index in [4.69, 9.17) is 13.9 Å². The zero-order valence-electron chi connectivity index (χ0n) is 13.5. The molecule has 122 valence electrons. The fourth-order valence-corrected chi connectivity index (χ4v) is 3.52. The van der Waals surface area contributed by atoms with Crippen LogP contribution in [0.2, 0.25) is 0 Å². The van der Waals surface area contributed by atoms with Crippen LogP contribution in [0.1, 0.15) is 42.3 Å². The standard InChI is InChI=1S/C17H25NO4/c1-3-20-11-14-10-17(12-22-14)5-7-18(8-6-17)16(19)15-13(2)4-9-21-15/h4,9,14H,3,5-8,10-12H2,1-2H3. The van der Waals surface area contributed by atoms with Crippen LogP contribution in [0.4, 0.5) is 0 Å². The molecule has 0 saturated carbocycles. The molecule has 2 fully saturated rings. The van der Waals surface area contributed by atoms with E-state index >= 15 is 0 Å². The summed E-state index contributed by atoms with van der Waals surface area (Å²) in [6.07, 6.45) is 4.85. The third kappa shape index (κ3) is 3.06. The summed E-state index contributed by atoms with van der Waals surface area (Å²) < 4.78 is 16.7. The summed E-state index contributed by atoms with van der Waals surface area (Å²) in [5.41, 5.74) is 1.14. The zero-order chi connectivity index (χ0) is 15.6. The van der Waals surface area contributed by atoms with Crippen molar-refractivity contribution in [3.63, 3.8) is 0 Å². The molecule has 1 atom stereocenters. The van der Waals surface area contributed by atoms with E-state index < -0.39 is 0 Å². The number of aryl methyl sites for hydroxylation is 1. The summed E-state index contributed by atoms with van der Waals surface area (Å²) in [4.78, 5) is 14.4. The Morgan fingerprint density at radius 1 is 1.45 bits per heavy atom. The first-order valence-electron chi connectivity index (χ1n) is 8.16. The molecule has 0 radical (unpaired) electrons. The van der Waals surface area contributed by atoms with Gasteiger partial charge >= 0.3 is 0 Å². The van der Waals surface area contributed by atoms with Crippen molar-refractivity contribution in [3.05, 3.63) is 23.7 Å².